The van der Waals surface area contributed by atoms with Crippen molar-refractivity contribution in [2.75, 3.05) is 5.73 Å². The average Bonchev–Trinajstić information content (AvgIpc) is 2.46. The molecule has 0 saturated heterocycles. The van der Waals surface area contributed by atoms with Gasteiger partial charge in [0.1, 0.15) is 0 Å². The second kappa shape index (κ2) is 3.76. The zero-order valence-electron chi connectivity index (χ0n) is 8.04. The molecule has 3 nitrogen and oxygen atoms in total. The lowest BCUT2D eigenvalue weighted by molar-refractivity contribution is 0.930. The van der Waals surface area contributed by atoms with Crippen molar-refractivity contribution in [1.29, 1.82) is 0 Å². The van der Waals surface area contributed by atoms with Crippen molar-refractivity contribution in [3.63, 3.8) is 0 Å². The molecular formula is C10H9Cl2N3. The first kappa shape index (κ1) is 10.3. The molecule has 0 saturated carbocycles. The zero-order chi connectivity index (χ0) is 11.0. The second-order valence-electron chi connectivity index (χ2n) is 3.22. The molecule has 1 aromatic heterocycles. The van der Waals surface area contributed by atoms with E-state index in [0.717, 1.165) is 11.3 Å². The SMILES string of the molecule is Cn1cc(-c2ccc(Cl)cc2Cl)nc1N. The molecule has 2 rings (SSSR count). The van der Waals surface area contributed by atoms with Crippen LogP contribution in [-0.2, 0) is 7.05 Å². The van der Waals surface area contributed by atoms with Crippen LogP contribution in [-0.4, -0.2) is 9.55 Å². The standard InChI is InChI=1S/C10H9Cl2N3/c1-15-5-9(14-10(15)13)7-3-2-6(11)4-8(7)12/h2-5H,1H3,(H2,13,14). The van der Waals surface area contributed by atoms with Crippen LogP contribution in [0.5, 0.6) is 0 Å². The smallest absolute Gasteiger partial charge is 0.200 e. The maximum atomic E-state index is 6.05. The Morgan fingerprint density at radius 2 is 2.07 bits per heavy atom. The van der Waals surface area contributed by atoms with E-state index in [9.17, 15) is 0 Å². The van der Waals surface area contributed by atoms with Crippen LogP contribution in [0.4, 0.5) is 5.95 Å². The summed E-state index contributed by atoms with van der Waals surface area (Å²) in [4.78, 5) is 4.18. The van der Waals surface area contributed by atoms with E-state index in [-0.39, 0.29) is 0 Å². The molecule has 0 spiro atoms. The van der Waals surface area contributed by atoms with Crippen molar-refractivity contribution < 1.29 is 0 Å². The number of hydrogen-bond acceptors (Lipinski definition) is 2. The largest absolute Gasteiger partial charge is 0.369 e. The van der Waals surface area contributed by atoms with Gasteiger partial charge in [-0.05, 0) is 18.2 Å². The number of nitrogens with two attached hydrogens (primary N) is 1. The summed E-state index contributed by atoms with van der Waals surface area (Å²) in [7, 11) is 1.83. The maximum absolute atomic E-state index is 6.05. The number of anilines is 1. The van der Waals surface area contributed by atoms with Crippen molar-refractivity contribution in [2.45, 2.75) is 0 Å². The van der Waals surface area contributed by atoms with Gasteiger partial charge in [0.25, 0.3) is 0 Å². The van der Waals surface area contributed by atoms with Crippen LogP contribution in [0.25, 0.3) is 11.3 Å². The van der Waals surface area contributed by atoms with Crippen molar-refractivity contribution in [3.8, 4) is 11.3 Å². The minimum absolute atomic E-state index is 0.455. The van der Waals surface area contributed by atoms with Crippen LogP contribution in [0.2, 0.25) is 10.0 Å². The molecular weight excluding hydrogens is 233 g/mol. The van der Waals surface area contributed by atoms with Crippen LogP contribution in [0, 0.1) is 0 Å². The number of aromatic nitrogens is 2. The number of rotatable bonds is 1. The van der Waals surface area contributed by atoms with Gasteiger partial charge in [0.05, 0.1) is 10.7 Å². The maximum Gasteiger partial charge on any atom is 0.200 e. The minimum Gasteiger partial charge on any atom is -0.369 e. The topological polar surface area (TPSA) is 43.8 Å². The summed E-state index contributed by atoms with van der Waals surface area (Å²) in [5.41, 5.74) is 7.21. The van der Waals surface area contributed by atoms with Crippen LogP contribution < -0.4 is 5.73 Å². The Hall–Kier alpha value is -1.19. The van der Waals surface area contributed by atoms with Gasteiger partial charge in [-0.25, -0.2) is 4.98 Å². The van der Waals surface area contributed by atoms with E-state index in [4.69, 9.17) is 28.9 Å². The predicted molar refractivity (Wildman–Crippen MR) is 63.1 cm³/mol. The number of nitrogen functional groups attached to an aromatic ring is 1. The minimum atomic E-state index is 0.455. The number of nitrogens with zero attached hydrogens (tertiary/aromatic N) is 2. The molecule has 15 heavy (non-hydrogen) atoms. The summed E-state index contributed by atoms with van der Waals surface area (Å²) < 4.78 is 1.74. The first-order valence-corrected chi connectivity index (χ1v) is 5.08. The second-order valence-corrected chi connectivity index (χ2v) is 4.06. The highest BCUT2D eigenvalue weighted by molar-refractivity contribution is 6.36. The molecule has 0 radical (unpaired) electrons. The highest BCUT2D eigenvalue weighted by Gasteiger charge is 2.08. The fourth-order valence-electron chi connectivity index (χ4n) is 1.31. The Kier molecular flexibility index (Phi) is 2.59. The molecule has 78 valence electrons. The van der Waals surface area contributed by atoms with Gasteiger partial charge >= 0.3 is 0 Å². The Labute approximate surface area is 97.4 Å². The first-order valence-electron chi connectivity index (χ1n) is 4.32. The van der Waals surface area contributed by atoms with E-state index < -0.39 is 0 Å². The number of hydrogen-bond donors (Lipinski definition) is 1. The highest BCUT2D eigenvalue weighted by Crippen LogP contribution is 2.29. The van der Waals surface area contributed by atoms with Gasteiger partial charge in [-0.15, -0.1) is 0 Å². The van der Waals surface area contributed by atoms with Crippen molar-refractivity contribution in [2.24, 2.45) is 7.05 Å². The van der Waals surface area contributed by atoms with Crippen molar-refractivity contribution in [1.82, 2.24) is 9.55 Å². The van der Waals surface area contributed by atoms with E-state index in [1.807, 2.05) is 19.3 Å². The van der Waals surface area contributed by atoms with Crippen LogP contribution in [0.1, 0.15) is 0 Å². The number of halogens is 2. The highest BCUT2D eigenvalue weighted by atomic mass is 35.5. The molecule has 0 bridgehead atoms. The Morgan fingerprint density at radius 3 is 2.60 bits per heavy atom. The van der Waals surface area contributed by atoms with Gasteiger partial charge in [-0.2, -0.15) is 0 Å². The van der Waals surface area contributed by atoms with E-state index in [2.05, 4.69) is 4.98 Å². The molecule has 0 fully saturated rings. The molecule has 0 aliphatic heterocycles. The third-order valence-corrected chi connectivity index (χ3v) is 2.67. The summed E-state index contributed by atoms with van der Waals surface area (Å²) in [6.45, 7) is 0. The fourth-order valence-corrected chi connectivity index (χ4v) is 1.81. The third-order valence-electron chi connectivity index (χ3n) is 2.12. The molecule has 1 aromatic carbocycles. The summed E-state index contributed by atoms with van der Waals surface area (Å²) in [6, 6.07) is 5.28. The van der Waals surface area contributed by atoms with E-state index in [1.54, 1.807) is 16.7 Å². The predicted octanol–water partition coefficient (Wildman–Crippen LogP) is 2.98. The van der Waals surface area contributed by atoms with Gasteiger partial charge in [-0.1, -0.05) is 23.2 Å². The van der Waals surface area contributed by atoms with E-state index >= 15 is 0 Å². The summed E-state index contributed by atoms with van der Waals surface area (Å²) >= 11 is 11.9. The lowest BCUT2D eigenvalue weighted by atomic mass is 10.2. The van der Waals surface area contributed by atoms with E-state index in [0.29, 0.717) is 16.0 Å². The number of aryl methyl sites for hydroxylation is 1. The molecule has 0 atom stereocenters. The molecule has 2 N–H and O–H groups in total. The Bertz CT molecular complexity index is 486. The van der Waals surface area contributed by atoms with Crippen molar-refractivity contribution in [3.05, 3.63) is 34.4 Å². The van der Waals surface area contributed by atoms with Crippen LogP contribution >= 0.6 is 23.2 Å². The van der Waals surface area contributed by atoms with Gasteiger partial charge in [0, 0.05) is 23.8 Å². The molecule has 2 aromatic rings. The van der Waals surface area contributed by atoms with Gasteiger partial charge < -0.3 is 10.3 Å². The van der Waals surface area contributed by atoms with Gasteiger partial charge in [0.15, 0.2) is 5.95 Å². The Morgan fingerprint density at radius 1 is 1.33 bits per heavy atom. The quantitative estimate of drug-likeness (QED) is 0.835. The van der Waals surface area contributed by atoms with Gasteiger partial charge in [0.2, 0.25) is 0 Å². The molecule has 0 aliphatic carbocycles. The first-order chi connectivity index (χ1) is 7.08. The summed E-state index contributed by atoms with van der Waals surface area (Å²) in [6.07, 6.45) is 1.82. The third kappa shape index (κ3) is 1.94. The van der Waals surface area contributed by atoms with E-state index in [1.165, 1.54) is 0 Å². The summed E-state index contributed by atoms with van der Waals surface area (Å²) in [5, 5.41) is 1.17. The Balaban J connectivity index is 2.54. The fraction of sp³-hybridized carbons (Fsp3) is 0.100. The molecule has 0 unspecified atom stereocenters. The number of benzene rings is 1. The van der Waals surface area contributed by atoms with Crippen LogP contribution in [0.15, 0.2) is 24.4 Å². The lowest BCUT2D eigenvalue weighted by Gasteiger charge is -2.00. The van der Waals surface area contributed by atoms with Crippen LogP contribution in [0.3, 0.4) is 0 Å². The monoisotopic (exact) mass is 241 g/mol. The molecule has 5 heteroatoms. The molecule has 0 aliphatic rings. The number of imidazole rings is 1. The molecule has 1 heterocycles. The normalized spacial score (nSPS) is 10.6. The lowest BCUT2D eigenvalue weighted by Crippen LogP contribution is -1.94. The van der Waals surface area contributed by atoms with Crippen molar-refractivity contribution >= 4 is 29.2 Å². The molecule has 0 amide bonds. The zero-order valence-corrected chi connectivity index (χ0v) is 9.55. The van der Waals surface area contributed by atoms with Gasteiger partial charge in [-0.3, -0.25) is 0 Å². The summed E-state index contributed by atoms with van der Waals surface area (Å²) in [5.74, 6) is 0.455. The average molecular weight is 242 g/mol.